The maximum atomic E-state index is 11.8. The smallest absolute Gasteiger partial charge is 0.134 e. The summed E-state index contributed by atoms with van der Waals surface area (Å²) < 4.78 is 0. The van der Waals surface area contributed by atoms with E-state index in [9.17, 15) is 9.90 Å². The number of phenolic OH excluding ortho intramolecular Hbond substituents is 1. The fourth-order valence-electron chi connectivity index (χ4n) is 3.30. The highest BCUT2D eigenvalue weighted by atomic mass is 16.3. The Morgan fingerprint density at radius 1 is 1.19 bits per heavy atom. The molecule has 0 unspecified atom stereocenters. The molecular formula is C24H29NO2. The van der Waals surface area contributed by atoms with Crippen LogP contribution in [0.2, 0.25) is 0 Å². The maximum Gasteiger partial charge on any atom is 0.134 e. The summed E-state index contributed by atoms with van der Waals surface area (Å²) in [4.78, 5) is 13.8. The van der Waals surface area contributed by atoms with E-state index in [1.165, 1.54) is 16.7 Å². The molecular weight excluding hydrogens is 334 g/mol. The Kier molecular flexibility index (Phi) is 7.00. The van der Waals surface area contributed by atoms with Gasteiger partial charge in [0, 0.05) is 30.9 Å². The summed E-state index contributed by atoms with van der Waals surface area (Å²) in [5, 5.41) is 9.84. The summed E-state index contributed by atoms with van der Waals surface area (Å²) in [5.41, 5.74) is 6.76. The van der Waals surface area contributed by atoms with Gasteiger partial charge in [0.1, 0.15) is 11.5 Å². The highest BCUT2D eigenvalue weighted by molar-refractivity contribution is 5.79. The van der Waals surface area contributed by atoms with E-state index in [0.29, 0.717) is 6.42 Å². The fraction of sp³-hybridized carbons (Fsp3) is 0.292. The van der Waals surface area contributed by atoms with Crippen molar-refractivity contribution in [1.82, 2.24) is 0 Å². The number of hydrogen-bond donors (Lipinski definition) is 1. The molecule has 142 valence electrons. The van der Waals surface area contributed by atoms with Gasteiger partial charge in [-0.2, -0.15) is 0 Å². The fourth-order valence-corrected chi connectivity index (χ4v) is 3.30. The largest absolute Gasteiger partial charge is 0.508 e. The van der Waals surface area contributed by atoms with Crippen molar-refractivity contribution in [2.45, 2.75) is 40.0 Å². The summed E-state index contributed by atoms with van der Waals surface area (Å²) in [6, 6.07) is 13.5. The minimum Gasteiger partial charge on any atom is -0.508 e. The van der Waals surface area contributed by atoms with Crippen LogP contribution in [-0.2, 0) is 11.2 Å². The first-order valence-electron chi connectivity index (χ1n) is 9.25. The average molecular weight is 364 g/mol. The maximum absolute atomic E-state index is 11.8. The minimum atomic E-state index is 0.110. The molecule has 0 spiro atoms. The van der Waals surface area contributed by atoms with E-state index in [2.05, 4.69) is 38.6 Å². The quantitative estimate of drug-likeness (QED) is 0.630. The van der Waals surface area contributed by atoms with Crippen molar-refractivity contribution in [2.24, 2.45) is 0 Å². The van der Waals surface area contributed by atoms with E-state index in [-0.39, 0.29) is 11.5 Å². The molecule has 0 radical (unpaired) electrons. The Bertz CT molecular complexity index is 864. The van der Waals surface area contributed by atoms with Crippen molar-refractivity contribution in [1.29, 1.82) is 0 Å². The first-order chi connectivity index (χ1) is 12.8. The molecule has 1 N–H and O–H groups in total. The van der Waals surface area contributed by atoms with Crippen LogP contribution < -0.4 is 4.90 Å². The summed E-state index contributed by atoms with van der Waals surface area (Å²) >= 11 is 0. The number of benzene rings is 2. The monoisotopic (exact) mass is 363 g/mol. The lowest BCUT2D eigenvalue weighted by Gasteiger charge is -2.26. The van der Waals surface area contributed by atoms with Gasteiger partial charge in [-0.05, 0) is 68.0 Å². The lowest BCUT2D eigenvalue weighted by Crippen LogP contribution is -2.19. The van der Waals surface area contributed by atoms with Gasteiger partial charge < -0.3 is 10.0 Å². The van der Waals surface area contributed by atoms with Crippen molar-refractivity contribution in [3.05, 3.63) is 83.1 Å². The van der Waals surface area contributed by atoms with Crippen LogP contribution >= 0.6 is 0 Å². The standard InChI is InChI=1S/C24H29NO2/c1-6-20(15-18(3)26)24(25(5)22-11-8-12-23(27)16-22)14-13-21-10-7-9-17(2)19(21)4/h6-12,16,27H,1,13-15H2,2-5H3/b24-20+. The summed E-state index contributed by atoms with van der Waals surface area (Å²) in [6.45, 7) is 9.80. The van der Waals surface area contributed by atoms with Crippen molar-refractivity contribution in [2.75, 3.05) is 11.9 Å². The van der Waals surface area contributed by atoms with Gasteiger partial charge in [-0.3, -0.25) is 4.79 Å². The number of carbonyl (C=O) groups excluding carboxylic acids is 1. The molecule has 0 aliphatic heterocycles. The number of Topliss-reactive ketones (excluding diaryl/α,β-unsaturated/α-hetero) is 1. The highest BCUT2D eigenvalue weighted by Crippen LogP contribution is 2.28. The van der Waals surface area contributed by atoms with Gasteiger partial charge in [-0.1, -0.05) is 36.9 Å². The molecule has 2 rings (SSSR count). The minimum absolute atomic E-state index is 0.110. The summed E-state index contributed by atoms with van der Waals surface area (Å²) in [5.74, 6) is 0.332. The van der Waals surface area contributed by atoms with Crippen LogP contribution in [0.15, 0.2) is 66.4 Å². The summed E-state index contributed by atoms with van der Waals surface area (Å²) in [6.07, 6.45) is 3.79. The van der Waals surface area contributed by atoms with Gasteiger partial charge in [0.05, 0.1) is 0 Å². The van der Waals surface area contributed by atoms with Gasteiger partial charge >= 0.3 is 0 Å². The first kappa shape index (κ1) is 20.5. The number of carbonyl (C=O) groups is 1. The number of rotatable bonds is 8. The predicted octanol–water partition coefficient (Wildman–Crippen LogP) is 5.50. The number of hydrogen-bond acceptors (Lipinski definition) is 3. The van der Waals surface area contributed by atoms with Crippen molar-refractivity contribution in [3.8, 4) is 5.75 Å². The Morgan fingerprint density at radius 2 is 1.89 bits per heavy atom. The van der Waals surface area contributed by atoms with Gasteiger partial charge in [0.25, 0.3) is 0 Å². The second-order valence-electron chi connectivity index (χ2n) is 6.99. The zero-order chi connectivity index (χ0) is 20.0. The van der Waals surface area contributed by atoms with E-state index in [0.717, 1.165) is 29.8 Å². The van der Waals surface area contributed by atoms with E-state index in [1.807, 2.05) is 24.1 Å². The molecule has 0 aromatic heterocycles. The molecule has 2 aromatic carbocycles. The van der Waals surface area contributed by atoms with Crippen LogP contribution in [0.4, 0.5) is 5.69 Å². The lowest BCUT2D eigenvalue weighted by molar-refractivity contribution is -0.116. The molecule has 0 aliphatic carbocycles. The molecule has 0 bridgehead atoms. The number of ketones is 1. The van der Waals surface area contributed by atoms with Crippen molar-refractivity contribution in [3.63, 3.8) is 0 Å². The Morgan fingerprint density at radius 3 is 2.52 bits per heavy atom. The number of allylic oxidation sites excluding steroid dienone is 3. The van der Waals surface area contributed by atoms with Crippen LogP contribution in [0, 0.1) is 13.8 Å². The number of aromatic hydroxyl groups is 1. The SMILES string of the molecule is C=C/C(CC(C)=O)=C(/CCc1cccc(C)c1C)N(C)c1cccc(O)c1. The zero-order valence-electron chi connectivity index (χ0n) is 16.7. The van der Waals surface area contributed by atoms with Gasteiger partial charge in [-0.25, -0.2) is 0 Å². The van der Waals surface area contributed by atoms with E-state index >= 15 is 0 Å². The summed E-state index contributed by atoms with van der Waals surface area (Å²) in [7, 11) is 1.97. The lowest BCUT2D eigenvalue weighted by atomic mass is 9.96. The Balaban J connectivity index is 2.40. The van der Waals surface area contributed by atoms with Crippen LogP contribution in [0.1, 0.15) is 36.5 Å². The molecule has 3 heteroatoms. The van der Waals surface area contributed by atoms with Crippen LogP contribution in [0.5, 0.6) is 5.75 Å². The number of aryl methyl sites for hydroxylation is 2. The van der Waals surface area contributed by atoms with E-state index < -0.39 is 0 Å². The third-order valence-electron chi connectivity index (χ3n) is 5.03. The van der Waals surface area contributed by atoms with Gasteiger partial charge in [-0.15, -0.1) is 0 Å². The second kappa shape index (κ2) is 9.22. The molecule has 0 heterocycles. The topological polar surface area (TPSA) is 40.5 Å². The van der Waals surface area contributed by atoms with Gasteiger partial charge in [0.2, 0.25) is 0 Å². The van der Waals surface area contributed by atoms with E-state index in [1.54, 1.807) is 25.1 Å². The number of anilines is 1. The van der Waals surface area contributed by atoms with E-state index in [4.69, 9.17) is 0 Å². The molecule has 0 atom stereocenters. The second-order valence-corrected chi connectivity index (χ2v) is 6.99. The molecule has 0 aliphatic rings. The Hall–Kier alpha value is -2.81. The molecule has 0 fully saturated rings. The molecule has 0 saturated heterocycles. The Labute approximate surface area is 162 Å². The molecule has 3 nitrogen and oxygen atoms in total. The van der Waals surface area contributed by atoms with Gasteiger partial charge in [0.15, 0.2) is 0 Å². The van der Waals surface area contributed by atoms with Crippen LogP contribution in [0.25, 0.3) is 0 Å². The van der Waals surface area contributed by atoms with Crippen molar-refractivity contribution < 1.29 is 9.90 Å². The average Bonchev–Trinajstić information content (AvgIpc) is 2.63. The third kappa shape index (κ3) is 5.33. The third-order valence-corrected chi connectivity index (χ3v) is 5.03. The van der Waals surface area contributed by atoms with Crippen LogP contribution in [0.3, 0.4) is 0 Å². The first-order valence-corrected chi connectivity index (χ1v) is 9.25. The molecule has 27 heavy (non-hydrogen) atoms. The molecule has 0 amide bonds. The molecule has 2 aromatic rings. The number of phenols is 1. The zero-order valence-corrected chi connectivity index (χ0v) is 16.7. The highest BCUT2D eigenvalue weighted by Gasteiger charge is 2.14. The number of nitrogens with zero attached hydrogens (tertiary/aromatic N) is 1. The predicted molar refractivity (Wildman–Crippen MR) is 113 cm³/mol. The molecule has 0 saturated carbocycles. The van der Waals surface area contributed by atoms with Crippen LogP contribution in [-0.4, -0.2) is 17.9 Å². The normalized spacial score (nSPS) is 11.7. The van der Waals surface area contributed by atoms with Crippen molar-refractivity contribution >= 4 is 11.5 Å².